The highest BCUT2D eigenvalue weighted by molar-refractivity contribution is 5.97. The highest BCUT2D eigenvalue weighted by Crippen LogP contribution is 2.19. The van der Waals surface area contributed by atoms with Gasteiger partial charge in [0.25, 0.3) is 5.91 Å². The van der Waals surface area contributed by atoms with Gasteiger partial charge >= 0.3 is 0 Å². The molecule has 4 nitrogen and oxygen atoms in total. The number of hydrogen-bond donors (Lipinski definition) is 2. The zero-order valence-electron chi connectivity index (χ0n) is 16.5. The van der Waals surface area contributed by atoms with Crippen LogP contribution < -0.4 is 15.8 Å². The van der Waals surface area contributed by atoms with Gasteiger partial charge in [-0.05, 0) is 47.9 Å². The summed E-state index contributed by atoms with van der Waals surface area (Å²) in [5.41, 5.74) is 10.2. The molecule has 29 heavy (non-hydrogen) atoms. The van der Waals surface area contributed by atoms with Gasteiger partial charge in [0.2, 0.25) is 0 Å². The van der Waals surface area contributed by atoms with Crippen LogP contribution in [0.1, 0.15) is 30.9 Å². The number of carbonyl (C=O) groups is 1. The lowest BCUT2D eigenvalue weighted by atomic mass is 10.1. The summed E-state index contributed by atoms with van der Waals surface area (Å²) in [7, 11) is 0. The first-order valence-corrected chi connectivity index (χ1v) is 9.64. The van der Waals surface area contributed by atoms with Crippen molar-refractivity contribution in [3.8, 4) is 5.75 Å². The summed E-state index contributed by atoms with van der Waals surface area (Å²) < 4.78 is 18.7. The van der Waals surface area contributed by atoms with Crippen molar-refractivity contribution >= 4 is 5.91 Å². The summed E-state index contributed by atoms with van der Waals surface area (Å²) in [5, 5.41) is 2.92. The summed E-state index contributed by atoms with van der Waals surface area (Å²) in [6.45, 7) is 2.78. The number of benzene rings is 2. The Morgan fingerprint density at radius 3 is 2.72 bits per heavy atom. The maximum Gasteiger partial charge on any atom is 0.253 e. The maximum atomic E-state index is 13.0. The molecule has 0 aliphatic heterocycles. The summed E-state index contributed by atoms with van der Waals surface area (Å²) in [5.74, 6) is 0.223. The third-order valence-corrected chi connectivity index (χ3v) is 4.73. The smallest absolute Gasteiger partial charge is 0.253 e. The van der Waals surface area contributed by atoms with Crippen LogP contribution in [-0.4, -0.2) is 5.91 Å². The minimum absolute atomic E-state index is 0.192. The molecule has 150 valence electrons. The summed E-state index contributed by atoms with van der Waals surface area (Å²) in [6.07, 6.45) is 7.16. The Morgan fingerprint density at radius 1 is 1.17 bits per heavy atom. The Morgan fingerprint density at radius 2 is 1.97 bits per heavy atom. The molecule has 2 aromatic carbocycles. The highest BCUT2D eigenvalue weighted by Gasteiger charge is 2.13. The van der Waals surface area contributed by atoms with Gasteiger partial charge in [0.15, 0.2) is 0 Å². The molecular weight excluding hydrogens is 367 g/mol. The normalized spacial score (nSPS) is 13.7. The van der Waals surface area contributed by atoms with E-state index < -0.39 is 0 Å². The molecule has 0 saturated carbocycles. The molecule has 1 aliphatic carbocycles. The van der Waals surface area contributed by atoms with E-state index in [1.807, 2.05) is 36.4 Å². The van der Waals surface area contributed by atoms with Crippen LogP contribution in [0.15, 0.2) is 83.6 Å². The number of allylic oxidation sites excluding steroid dienone is 3. The van der Waals surface area contributed by atoms with Gasteiger partial charge in [-0.2, -0.15) is 0 Å². The van der Waals surface area contributed by atoms with Crippen molar-refractivity contribution < 1.29 is 13.9 Å². The number of nitrogens with two attached hydrogens (primary N) is 1. The van der Waals surface area contributed by atoms with Gasteiger partial charge in [-0.1, -0.05) is 48.9 Å². The third-order valence-electron chi connectivity index (χ3n) is 4.73. The maximum absolute atomic E-state index is 13.0. The predicted molar refractivity (Wildman–Crippen MR) is 112 cm³/mol. The van der Waals surface area contributed by atoms with Gasteiger partial charge in [0.1, 0.15) is 18.2 Å². The fraction of sp³-hybridized carbons (Fsp3) is 0.208. The van der Waals surface area contributed by atoms with E-state index in [0.29, 0.717) is 36.6 Å². The summed E-state index contributed by atoms with van der Waals surface area (Å²) in [6, 6.07) is 13.7. The van der Waals surface area contributed by atoms with Gasteiger partial charge in [0, 0.05) is 18.7 Å². The zero-order valence-corrected chi connectivity index (χ0v) is 16.5. The molecule has 0 bridgehead atoms. The van der Waals surface area contributed by atoms with E-state index in [1.165, 1.54) is 17.7 Å². The molecule has 2 aromatic rings. The first kappa shape index (κ1) is 20.4. The molecule has 0 fully saturated rings. The summed E-state index contributed by atoms with van der Waals surface area (Å²) in [4.78, 5) is 12.6. The number of amides is 1. The van der Waals surface area contributed by atoms with E-state index in [4.69, 9.17) is 10.5 Å². The van der Waals surface area contributed by atoms with E-state index >= 15 is 0 Å². The summed E-state index contributed by atoms with van der Waals surface area (Å²) >= 11 is 0. The molecule has 3 rings (SSSR count). The van der Waals surface area contributed by atoms with Crippen molar-refractivity contribution in [1.82, 2.24) is 5.32 Å². The number of carbonyl (C=O) groups excluding carboxylic acids is 1. The zero-order chi connectivity index (χ0) is 20.6. The number of nitrogens with one attached hydrogen (secondary N) is 1. The van der Waals surface area contributed by atoms with Crippen molar-refractivity contribution in [2.45, 2.75) is 32.9 Å². The molecular formula is C24H25FN2O2. The number of ether oxygens (including phenoxy) is 1. The van der Waals surface area contributed by atoms with Crippen molar-refractivity contribution in [2.75, 3.05) is 0 Å². The highest BCUT2D eigenvalue weighted by atomic mass is 19.1. The molecule has 0 unspecified atom stereocenters. The average molecular weight is 392 g/mol. The molecule has 0 saturated heterocycles. The van der Waals surface area contributed by atoms with Gasteiger partial charge in [-0.25, -0.2) is 4.39 Å². The quantitative estimate of drug-likeness (QED) is 0.728. The van der Waals surface area contributed by atoms with E-state index in [-0.39, 0.29) is 11.7 Å². The second kappa shape index (κ2) is 9.73. The number of rotatable bonds is 7. The predicted octanol–water partition coefficient (Wildman–Crippen LogP) is 4.53. The minimum Gasteiger partial charge on any atom is -0.489 e. The van der Waals surface area contributed by atoms with Crippen LogP contribution in [0.3, 0.4) is 0 Å². The SMILES string of the molecule is CCC1=CC=CC(C(=O)NCc2cccc(OCc3ccc(F)cc3)c2)=C(N)C1. The number of halogens is 1. The fourth-order valence-electron chi connectivity index (χ4n) is 3.02. The first-order valence-electron chi connectivity index (χ1n) is 9.64. The van der Waals surface area contributed by atoms with Gasteiger partial charge in [0.05, 0.1) is 5.57 Å². The van der Waals surface area contributed by atoms with Crippen molar-refractivity contribution in [2.24, 2.45) is 5.73 Å². The van der Waals surface area contributed by atoms with Crippen LogP contribution in [0.2, 0.25) is 0 Å². The Kier molecular flexibility index (Phi) is 6.85. The van der Waals surface area contributed by atoms with Crippen molar-refractivity contribution in [1.29, 1.82) is 0 Å². The molecule has 5 heteroatoms. The largest absolute Gasteiger partial charge is 0.489 e. The topological polar surface area (TPSA) is 64.3 Å². The molecule has 0 radical (unpaired) electrons. The lowest BCUT2D eigenvalue weighted by molar-refractivity contribution is -0.117. The average Bonchev–Trinajstić information content (AvgIpc) is 2.93. The Bertz CT molecular complexity index is 959. The Hall–Kier alpha value is -3.34. The van der Waals surface area contributed by atoms with Crippen molar-refractivity contribution in [3.05, 3.63) is 101 Å². The second-order valence-electron chi connectivity index (χ2n) is 6.90. The lowest BCUT2D eigenvalue weighted by Crippen LogP contribution is -2.26. The standard InChI is InChI=1S/C24H25FN2O2/c1-2-17-5-4-8-22(23(26)14-17)24(28)27-15-19-6-3-7-21(13-19)29-16-18-9-11-20(25)12-10-18/h3-13H,2,14-16,26H2,1H3,(H,27,28). The Labute approximate surface area is 170 Å². The fourth-order valence-corrected chi connectivity index (χ4v) is 3.02. The van der Waals surface area contributed by atoms with Crippen LogP contribution in [0.5, 0.6) is 5.75 Å². The monoisotopic (exact) mass is 392 g/mol. The van der Waals surface area contributed by atoms with Gasteiger partial charge in [-0.3, -0.25) is 4.79 Å². The van der Waals surface area contributed by atoms with Gasteiger partial charge < -0.3 is 15.8 Å². The Balaban J connectivity index is 1.57. The second-order valence-corrected chi connectivity index (χ2v) is 6.90. The van der Waals surface area contributed by atoms with Crippen LogP contribution in [0.25, 0.3) is 0 Å². The molecule has 0 aromatic heterocycles. The molecule has 0 heterocycles. The van der Waals surface area contributed by atoms with E-state index in [9.17, 15) is 9.18 Å². The molecule has 1 amide bonds. The third kappa shape index (κ3) is 5.82. The lowest BCUT2D eigenvalue weighted by Gasteiger charge is -2.11. The van der Waals surface area contributed by atoms with Crippen LogP contribution in [0, 0.1) is 5.82 Å². The molecule has 0 spiro atoms. The molecule has 3 N–H and O–H groups in total. The molecule has 0 atom stereocenters. The van der Waals surface area contributed by atoms with E-state index in [2.05, 4.69) is 12.2 Å². The van der Waals surface area contributed by atoms with Crippen LogP contribution in [0.4, 0.5) is 4.39 Å². The minimum atomic E-state index is -0.271. The van der Waals surface area contributed by atoms with Crippen LogP contribution >= 0.6 is 0 Å². The number of hydrogen-bond acceptors (Lipinski definition) is 3. The van der Waals surface area contributed by atoms with Gasteiger partial charge in [-0.15, -0.1) is 0 Å². The van der Waals surface area contributed by atoms with E-state index in [0.717, 1.165) is 17.5 Å². The first-order chi connectivity index (χ1) is 14.0. The molecule has 1 aliphatic rings. The van der Waals surface area contributed by atoms with Crippen molar-refractivity contribution in [3.63, 3.8) is 0 Å². The van der Waals surface area contributed by atoms with Crippen LogP contribution in [-0.2, 0) is 17.9 Å². The van der Waals surface area contributed by atoms with E-state index in [1.54, 1.807) is 18.2 Å².